The molecule has 1 aromatic heterocycles. The number of sulfonamides is 1. The molecule has 106 valence electrons. The molecule has 0 bridgehead atoms. The SMILES string of the molecule is Cc1cnc2c(S(=O)(=O)N3CC[C@H](N)C3)cccc2c1. The predicted molar refractivity (Wildman–Crippen MR) is 77.8 cm³/mol. The van der Waals surface area contributed by atoms with Crippen LogP contribution in [-0.4, -0.2) is 36.8 Å². The third-order valence-corrected chi connectivity index (χ3v) is 5.51. The Bertz CT molecular complexity index is 758. The van der Waals surface area contributed by atoms with Crippen LogP contribution in [0.3, 0.4) is 0 Å². The van der Waals surface area contributed by atoms with E-state index in [2.05, 4.69) is 4.98 Å². The van der Waals surface area contributed by atoms with Crippen LogP contribution >= 0.6 is 0 Å². The van der Waals surface area contributed by atoms with Crippen LogP contribution in [0.4, 0.5) is 0 Å². The van der Waals surface area contributed by atoms with E-state index >= 15 is 0 Å². The number of para-hydroxylation sites is 1. The summed E-state index contributed by atoms with van der Waals surface area (Å²) in [7, 11) is -3.52. The van der Waals surface area contributed by atoms with E-state index in [4.69, 9.17) is 5.73 Å². The molecule has 0 saturated carbocycles. The Morgan fingerprint density at radius 3 is 2.90 bits per heavy atom. The number of nitrogens with zero attached hydrogens (tertiary/aromatic N) is 2. The van der Waals surface area contributed by atoms with E-state index in [1.807, 2.05) is 19.1 Å². The van der Waals surface area contributed by atoms with Crippen LogP contribution in [-0.2, 0) is 10.0 Å². The average Bonchev–Trinajstić information content (AvgIpc) is 2.85. The number of fused-ring (bicyclic) bond motifs is 1. The third-order valence-electron chi connectivity index (χ3n) is 3.62. The molecule has 0 spiro atoms. The van der Waals surface area contributed by atoms with Gasteiger partial charge in [-0.25, -0.2) is 8.42 Å². The van der Waals surface area contributed by atoms with Crippen LogP contribution in [0.1, 0.15) is 12.0 Å². The van der Waals surface area contributed by atoms with E-state index in [0.717, 1.165) is 10.9 Å². The van der Waals surface area contributed by atoms with Crippen molar-refractivity contribution in [2.24, 2.45) is 5.73 Å². The molecule has 0 radical (unpaired) electrons. The van der Waals surface area contributed by atoms with Crippen LogP contribution in [0, 0.1) is 6.92 Å². The van der Waals surface area contributed by atoms with Gasteiger partial charge >= 0.3 is 0 Å². The number of aromatic nitrogens is 1. The smallest absolute Gasteiger partial charge is 0.245 e. The van der Waals surface area contributed by atoms with Gasteiger partial charge < -0.3 is 5.73 Å². The lowest BCUT2D eigenvalue weighted by molar-refractivity contribution is 0.473. The first kappa shape index (κ1) is 13.5. The van der Waals surface area contributed by atoms with E-state index < -0.39 is 10.0 Å². The molecule has 1 aromatic carbocycles. The maximum atomic E-state index is 12.7. The average molecular weight is 291 g/mol. The highest BCUT2D eigenvalue weighted by Gasteiger charge is 2.32. The Kier molecular flexibility index (Phi) is 3.24. The minimum absolute atomic E-state index is 0.0741. The van der Waals surface area contributed by atoms with Crippen molar-refractivity contribution >= 4 is 20.9 Å². The standard InChI is InChI=1S/C14H17N3O2S/c1-10-7-11-3-2-4-13(14(11)16-8-10)20(18,19)17-6-5-12(15)9-17/h2-4,7-8,12H,5-6,9,15H2,1H3/t12-/m0/s1. The molecular weight excluding hydrogens is 274 g/mol. The van der Waals surface area contributed by atoms with Crippen LogP contribution in [0.15, 0.2) is 35.4 Å². The van der Waals surface area contributed by atoms with Gasteiger partial charge in [-0.1, -0.05) is 12.1 Å². The first-order chi connectivity index (χ1) is 9.48. The second kappa shape index (κ2) is 4.80. The first-order valence-corrected chi connectivity index (χ1v) is 8.03. The molecule has 0 aliphatic carbocycles. The van der Waals surface area contributed by atoms with Gasteiger partial charge in [-0.3, -0.25) is 4.98 Å². The number of benzene rings is 1. The molecule has 2 heterocycles. The van der Waals surface area contributed by atoms with Gasteiger partial charge in [0.1, 0.15) is 4.90 Å². The number of aryl methyl sites for hydroxylation is 1. The molecule has 3 rings (SSSR count). The van der Waals surface area contributed by atoms with Crippen molar-refractivity contribution in [3.8, 4) is 0 Å². The highest BCUT2D eigenvalue weighted by atomic mass is 32.2. The summed E-state index contributed by atoms with van der Waals surface area (Å²) in [6.07, 6.45) is 2.40. The summed E-state index contributed by atoms with van der Waals surface area (Å²) in [4.78, 5) is 4.57. The van der Waals surface area contributed by atoms with Gasteiger partial charge in [-0.2, -0.15) is 4.31 Å². The zero-order chi connectivity index (χ0) is 14.3. The van der Waals surface area contributed by atoms with Crippen molar-refractivity contribution in [2.75, 3.05) is 13.1 Å². The lowest BCUT2D eigenvalue weighted by Crippen LogP contribution is -2.32. The second-order valence-electron chi connectivity index (χ2n) is 5.25. The van der Waals surface area contributed by atoms with E-state index in [1.165, 1.54) is 4.31 Å². The molecule has 1 fully saturated rings. The summed E-state index contributed by atoms with van der Waals surface area (Å²) in [5, 5.41) is 0.842. The predicted octanol–water partition coefficient (Wildman–Crippen LogP) is 1.26. The zero-order valence-electron chi connectivity index (χ0n) is 11.3. The van der Waals surface area contributed by atoms with Crippen LogP contribution in [0.25, 0.3) is 10.9 Å². The Labute approximate surface area is 118 Å². The summed E-state index contributed by atoms with van der Waals surface area (Å²) < 4.78 is 26.9. The molecule has 6 heteroatoms. The fourth-order valence-corrected chi connectivity index (χ4v) is 4.24. The lowest BCUT2D eigenvalue weighted by Gasteiger charge is -2.17. The van der Waals surface area contributed by atoms with Gasteiger partial charge in [0.15, 0.2) is 0 Å². The molecule has 0 amide bonds. The van der Waals surface area contributed by atoms with E-state index in [-0.39, 0.29) is 10.9 Å². The van der Waals surface area contributed by atoms with E-state index in [1.54, 1.807) is 18.3 Å². The number of nitrogens with two attached hydrogens (primary N) is 1. The molecule has 0 unspecified atom stereocenters. The van der Waals surface area contributed by atoms with Crippen LogP contribution in [0.5, 0.6) is 0 Å². The third kappa shape index (κ3) is 2.19. The van der Waals surface area contributed by atoms with Gasteiger partial charge in [-0.05, 0) is 31.0 Å². The molecule has 2 aromatic rings. The minimum Gasteiger partial charge on any atom is -0.326 e. The zero-order valence-corrected chi connectivity index (χ0v) is 12.1. The quantitative estimate of drug-likeness (QED) is 0.904. The van der Waals surface area contributed by atoms with Crippen molar-refractivity contribution in [1.82, 2.24) is 9.29 Å². The lowest BCUT2D eigenvalue weighted by atomic mass is 10.2. The largest absolute Gasteiger partial charge is 0.326 e. The normalized spacial score (nSPS) is 20.6. The molecule has 1 saturated heterocycles. The number of hydrogen-bond acceptors (Lipinski definition) is 4. The van der Waals surface area contributed by atoms with Crippen molar-refractivity contribution in [1.29, 1.82) is 0 Å². The fraction of sp³-hybridized carbons (Fsp3) is 0.357. The number of hydrogen-bond donors (Lipinski definition) is 1. The Morgan fingerprint density at radius 2 is 2.20 bits per heavy atom. The van der Waals surface area contributed by atoms with Crippen molar-refractivity contribution in [3.05, 3.63) is 36.0 Å². The monoisotopic (exact) mass is 291 g/mol. The Hall–Kier alpha value is -1.50. The molecule has 5 nitrogen and oxygen atoms in total. The van der Waals surface area contributed by atoms with Crippen LogP contribution < -0.4 is 5.73 Å². The summed E-state index contributed by atoms with van der Waals surface area (Å²) in [5.41, 5.74) is 7.35. The highest BCUT2D eigenvalue weighted by molar-refractivity contribution is 7.89. The molecule has 2 N–H and O–H groups in total. The van der Waals surface area contributed by atoms with Gasteiger partial charge in [0.2, 0.25) is 10.0 Å². The summed E-state index contributed by atoms with van der Waals surface area (Å²) in [6, 6.07) is 7.12. The van der Waals surface area contributed by atoms with E-state index in [0.29, 0.717) is 25.0 Å². The summed E-state index contributed by atoms with van der Waals surface area (Å²) in [6.45, 7) is 2.80. The van der Waals surface area contributed by atoms with Crippen molar-refractivity contribution in [3.63, 3.8) is 0 Å². The van der Waals surface area contributed by atoms with Crippen molar-refractivity contribution < 1.29 is 8.42 Å². The maximum Gasteiger partial charge on any atom is 0.245 e. The molecule has 1 aliphatic rings. The molecule has 1 atom stereocenters. The van der Waals surface area contributed by atoms with Gasteiger partial charge in [0.25, 0.3) is 0 Å². The van der Waals surface area contributed by atoms with Gasteiger partial charge in [-0.15, -0.1) is 0 Å². The molecule has 20 heavy (non-hydrogen) atoms. The topological polar surface area (TPSA) is 76.3 Å². The van der Waals surface area contributed by atoms with Crippen molar-refractivity contribution in [2.45, 2.75) is 24.3 Å². The second-order valence-corrected chi connectivity index (χ2v) is 7.16. The van der Waals surface area contributed by atoms with E-state index in [9.17, 15) is 8.42 Å². The first-order valence-electron chi connectivity index (χ1n) is 6.59. The van der Waals surface area contributed by atoms with Gasteiger partial charge in [0, 0.05) is 30.7 Å². The number of pyridine rings is 1. The fourth-order valence-electron chi connectivity index (χ4n) is 2.56. The maximum absolute atomic E-state index is 12.7. The summed E-state index contributed by atoms with van der Waals surface area (Å²) in [5.74, 6) is 0. The molecule has 1 aliphatic heterocycles. The minimum atomic E-state index is -3.52. The Balaban J connectivity index is 2.14. The highest BCUT2D eigenvalue weighted by Crippen LogP contribution is 2.26. The van der Waals surface area contributed by atoms with Gasteiger partial charge in [0.05, 0.1) is 5.52 Å². The summed E-state index contributed by atoms with van der Waals surface area (Å²) >= 11 is 0. The van der Waals surface area contributed by atoms with Crippen LogP contribution in [0.2, 0.25) is 0 Å². The Morgan fingerprint density at radius 1 is 1.40 bits per heavy atom. The number of rotatable bonds is 2. The molecular formula is C14H17N3O2S.